The number of hydrogen-bond acceptors (Lipinski definition) is 5. The van der Waals surface area contributed by atoms with Crippen LogP contribution in [0.1, 0.15) is 12.5 Å². The van der Waals surface area contributed by atoms with E-state index < -0.39 is 10.8 Å². The Kier molecular flexibility index (Phi) is 5.85. The highest BCUT2D eigenvalue weighted by Gasteiger charge is 2.10. The molecule has 7 heteroatoms. The van der Waals surface area contributed by atoms with Crippen molar-refractivity contribution in [2.24, 2.45) is 0 Å². The van der Waals surface area contributed by atoms with Gasteiger partial charge in [-0.15, -0.1) is 0 Å². The molecule has 0 aliphatic carbocycles. The zero-order valence-electron chi connectivity index (χ0n) is 13.4. The summed E-state index contributed by atoms with van der Waals surface area (Å²) >= 11 is 0. The minimum absolute atomic E-state index is 0.0607. The van der Waals surface area contributed by atoms with Crippen LogP contribution in [0.5, 0.6) is 5.75 Å². The fourth-order valence-electron chi connectivity index (χ4n) is 2.01. The molecule has 7 nitrogen and oxygen atoms in total. The van der Waals surface area contributed by atoms with Crippen LogP contribution in [0, 0.1) is 21.4 Å². The fourth-order valence-corrected chi connectivity index (χ4v) is 2.01. The third kappa shape index (κ3) is 4.91. The molecule has 0 spiro atoms. The molecule has 0 saturated carbocycles. The number of anilines is 1. The van der Waals surface area contributed by atoms with E-state index in [2.05, 4.69) is 5.32 Å². The van der Waals surface area contributed by atoms with Crippen LogP contribution in [0.15, 0.2) is 54.1 Å². The molecule has 0 aliphatic heterocycles. The van der Waals surface area contributed by atoms with Crippen molar-refractivity contribution in [1.29, 1.82) is 5.26 Å². The molecule has 0 aliphatic rings. The number of hydrogen-bond donors (Lipinski definition) is 1. The molecule has 0 unspecified atom stereocenters. The molecule has 0 bridgehead atoms. The van der Waals surface area contributed by atoms with E-state index in [0.29, 0.717) is 23.6 Å². The summed E-state index contributed by atoms with van der Waals surface area (Å²) in [4.78, 5) is 22.3. The zero-order chi connectivity index (χ0) is 18.2. The van der Waals surface area contributed by atoms with Crippen LogP contribution < -0.4 is 10.1 Å². The molecule has 25 heavy (non-hydrogen) atoms. The summed E-state index contributed by atoms with van der Waals surface area (Å²) in [7, 11) is 0. The minimum Gasteiger partial charge on any atom is -0.494 e. The molecule has 126 valence electrons. The Morgan fingerprint density at radius 2 is 1.88 bits per heavy atom. The van der Waals surface area contributed by atoms with Crippen molar-refractivity contribution < 1.29 is 14.5 Å². The topological polar surface area (TPSA) is 105 Å². The van der Waals surface area contributed by atoms with Gasteiger partial charge in [-0.1, -0.05) is 0 Å². The van der Waals surface area contributed by atoms with Gasteiger partial charge in [-0.3, -0.25) is 14.9 Å². The lowest BCUT2D eigenvalue weighted by atomic mass is 10.1. The number of ether oxygens (including phenoxy) is 1. The SMILES string of the molecule is CCOc1ccc(NC(=O)C(C#N)=Cc2ccc([N+](=O)[O-])cc2)cc1. The Hall–Kier alpha value is -3.66. The maximum Gasteiger partial charge on any atom is 0.269 e. The van der Waals surface area contributed by atoms with Crippen molar-refractivity contribution in [3.05, 3.63) is 69.8 Å². The largest absolute Gasteiger partial charge is 0.494 e. The quantitative estimate of drug-likeness (QED) is 0.375. The second-order valence-corrected chi connectivity index (χ2v) is 4.93. The third-order valence-electron chi connectivity index (χ3n) is 3.20. The predicted molar refractivity (Wildman–Crippen MR) is 92.9 cm³/mol. The second kappa shape index (κ2) is 8.26. The Morgan fingerprint density at radius 1 is 1.24 bits per heavy atom. The monoisotopic (exact) mass is 337 g/mol. The van der Waals surface area contributed by atoms with Gasteiger partial charge in [0, 0.05) is 17.8 Å². The molecule has 0 saturated heterocycles. The molecule has 1 N–H and O–H groups in total. The molecule has 1 amide bonds. The fraction of sp³-hybridized carbons (Fsp3) is 0.111. The number of carbonyl (C=O) groups excluding carboxylic acids is 1. The summed E-state index contributed by atoms with van der Waals surface area (Å²) in [6.07, 6.45) is 1.37. The van der Waals surface area contributed by atoms with E-state index in [9.17, 15) is 20.2 Å². The van der Waals surface area contributed by atoms with Gasteiger partial charge in [0.25, 0.3) is 11.6 Å². The number of amides is 1. The Morgan fingerprint density at radius 3 is 2.40 bits per heavy atom. The van der Waals surface area contributed by atoms with Crippen molar-refractivity contribution in [2.75, 3.05) is 11.9 Å². The van der Waals surface area contributed by atoms with Gasteiger partial charge in [0.05, 0.1) is 11.5 Å². The van der Waals surface area contributed by atoms with Gasteiger partial charge < -0.3 is 10.1 Å². The molecular weight excluding hydrogens is 322 g/mol. The van der Waals surface area contributed by atoms with Gasteiger partial charge in [-0.05, 0) is 55.0 Å². The number of non-ortho nitro benzene ring substituents is 1. The average Bonchev–Trinajstić information content (AvgIpc) is 2.62. The van der Waals surface area contributed by atoms with E-state index in [1.807, 2.05) is 13.0 Å². The number of benzene rings is 2. The number of rotatable bonds is 6. The Bertz CT molecular complexity index is 834. The first kappa shape index (κ1) is 17.7. The van der Waals surface area contributed by atoms with E-state index >= 15 is 0 Å². The van der Waals surface area contributed by atoms with Crippen LogP contribution in [0.25, 0.3) is 6.08 Å². The highest BCUT2D eigenvalue weighted by molar-refractivity contribution is 6.09. The zero-order valence-corrected chi connectivity index (χ0v) is 13.4. The molecule has 0 fully saturated rings. The summed E-state index contributed by atoms with van der Waals surface area (Å²) in [6, 6.07) is 14.2. The summed E-state index contributed by atoms with van der Waals surface area (Å²) < 4.78 is 5.32. The number of nitrogens with zero attached hydrogens (tertiary/aromatic N) is 2. The number of carbonyl (C=O) groups is 1. The van der Waals surface area contributed by atoms with Crippen molar-refractivity contribution in [1.82, 2.24) is 0 Å². The Balaban J connectivity index is 2.12. The number of nitro benzene ring substituents is 1. The maximum atomic E-state index is 12.2. The Labute approximate surface area is 144 Å². The smallest absolute Gasteiger partial charge is 0.269 e. The number of nitrogens with one attached hydrogen (secondary N) is 1. The van der Waals surface area contributed by atoms with Gasteiger partial charge in [0.1, 0.15) is 17.4 Å². The van der Waals surface area contributed by atoms with Crippen LogP contribution >= 0.6 is 0 Å². The lowest BCUT2D eigenvalue weighted by molar-refractivity contribution is -0.384. The molecule has 2 aromatic carbocycles. The second-order valence-electron chi connectivity index (χ2n) is 4.93. The van der Waals surface area contributed by atoms with Crippen LogP contribution in [0.3, 0.4) is 0 Å². The first-order chi connectivity index (χ1) is 12.0. The van der Waals surface area contributed by atoms with Gasteiger partial charge in [0.15, 0.2) is 0 Å². The highest BCUT2D eigenvalue weighted by Crippen LogP contribution is 2.18. The van der Waals surface area contributed by atoms with E-state index in [1.54, 1.807) is 24.3 Å². The highest BCUT2D eigenvalue weighted by atomic mass is 16.6. The van der Waals surface area contributed by atoms with E-state index in [1.165, 1.54) is 30.3 Å². The number of nitro groups is 1. The molecule has 0 radical (unpaired) electrons. The number of nitriles is 1. The van der Waals surface area contributed by atoms with Gasteiger partial charge >= 0.3 is 0 Å². The molecule has 0 aromatic heterocycles. The summed E-state index contributed by atoms with van der Waals surface area (Å²) in [5.74, 6) is 0.118. The van der Waals surface area contributed by atoms with Crippen molar-refractivity contribution in [3.8, 4) is 11.8 Å². The van der Waals surface area contributed by atoms with Crippen LogP contribution in [-0.4, -0.2) is 17.4 Å². The first-order valence-corrected chi connectivity index (χ1v) is 7.44. The van der Waals surface area contributed by atoms with Crippen molar-refractivity contribution in [2.45, 2.75) is 6.92 Å². The van der Waals surface area contributed by atoms with Crippen molar-refractivity contribution >= 4 is 23.4 Å². The van der Waals surface area contributed by atoms with Gasteiger partial charge in [-0.25, -0.2) is 0 Å². The third-order valence-corrected chi connectivity index (χ3v) is 3.20. The predicted octanol–water partition coefficient (Wildman–Crippen LogP) is 3.54. The first-order valence-electron chi connectivity index (χ1n) is 7.44. The van der Waals surface area contributed by atoms with E-state index in [4.69, 9.17) is 4.74 Å². The summed E-state index contributed by atoms with van der Waals surface area (Å²) in [5, 5.41) is 22.4. The lowest BCUT2D eigenvalue weighted by Crippen LogP contribution is -2.13. The van der Waals surface area contributed by atoms with E-state index in [0.717, 1.165) is 0 Å². The molecular formula is C18H15N3O4. The van der Waals surface area contributed by atoms with Gasteiger partial charge in [0.2, 0.25) is 0 Å². The minimum atomic E-state index is -0.565. The normalized spacial score (nSPS) is 10.6. The van der Waals surface area contributed by atoms with Crippen LogP contribution in [-0.2, 0) is 4.79 Å². The van der Waals surface area contributed by atoms with Crippen LogP contribution in [0.4, 0.5) is 11.4 Å². The standard InChI is InChI=1S/C18H15N3O4/c1-2-25-17-9-5-15(6-10-17)20-18(22)14(12-19)11-13-3-7-16(8-4-13)21(23)24/h3-11H,2H2,1H3,(H,20,22). The summed E-state index contributed by atoms with van der Waals surface area (Å²) in [6.45, 7) is 2.42. The van der Waals surface area contributed by atoms with Gasteiger partial charge in [-0.2, -0.15) is 5.26 Å². The average molecular weight is 337 g/mol. The van der Waals surface area contributed by atoms with Crippen LogP contribution in [0.2, 0.25) is 0 Å². The molecule has 2 aromatic rings. The van der Waals surface area contributed by atoms with E-state index in [-0.39, 0.29) is 11.3 Å². The lowest BCUT2D eigenvalue weighted by Gasteiger charge is -2.06. The summed E-state index contributed by atoms with van der Waals surface area (Å²) in [5.41, 5.74) is 0.875. The maximum absolute atomic E-state index is 12.2. The molecule has 0 heterocycles. The van der Waals surface area contributed by atoms with Crippen molar-refractivity contribution in [3.63, 3.8) is 0 Å². The molecule has 2 rings (SSSR count). The molecule has 0 atom stereocenters.